The molecule has 5 heteroatoms. The first-order valence-corrected chi connectivity index (χ1v) is 7.78. The van der Waals surface area contributed by atoms with E-state index in [-0.39, 0.29) is 12.5 Å². The van der Waals surface area contributed by atoms with Gasteiger partial charge in [-0.3, -0.25) is 4.79 Å². The van der Waals surface area contributed by atoms with E-state index in [1.165, 1.54) is 0 Å². The van der Waals surface area contributed by atoms with E-state index in [0.29, 0.717) is 5.92 Å². The number of carbonyl (C=O) groups is 1. The molecule has 0 aliphatic carbocycles. The van der Waals surface area contributed by atoms with Crippen molar-refractivity contribution < 1.29 is 14.3 Å². The Balaban J connectivity index is 1.86. The average Bonchev–Trinajstić information content (AvgIpc) is 2.60. The normalized spacial score (nSPS) is 10.8. The minimum Gasteiger partial charge on any atom is -0.497 e. The summed E-state index contributed by atoms with van der Waals surface area (Å²) in [7, 11) is 1.60. The van der Waals surface area contributed by atoms with Crippen molar-refractivity contribution in [1.82, 2.24) is 5.43 Å². The van der Waals surface area contributed by atoms with Crippen molar-refractivity contribution in [3.63, 3.8) is 0 Å². The van der Waals surface area contributed by atoms with Crippen LogP contribution in [0.2, 0.25) is 0 Å². The van der Waals surface area contributed by atoms with Gasteiger partial charge in [0.1, 0.15) is 11.5 Å². The summed E-state index contributed by atoms with van der Waals surface area (Å²) in [6.07, 6.45) is 1.56. The lowest BCUT2D eigenvalue weighted by atomic mass is 10.0. The fourth-order valence-corrected chi connectivity index (χ4v) is 2.17. The molecule has 0 aliphatic heterocycles. The number of hydrogen-bond donors (Lipinski definition) is 1. The van der Waals surface area contributed by atoms with Gasteiger partial charge < -0.3 is 9.47 Å². The Morgan fingerprint density at radius 2 is 2.00 bits per heavy atom. The standard InChI is InChI=1S/C19H22N2O3/c1-14(2)17-9-4-5-10-18(17)24-13-19(22)21-20-12-15-7-6-8-16(11-15)23-3/h4-12,14H,13H2,1-3H3,(H,21,22). The molecule has 0 atom stereocenters. The minimum atomic E-state index is -0.312. The van der Waals surface area contributed by atoms with Crippen molar-refractivity contribution in [2.75, 3.05) is 13.7 Å². The zero-order chi connectivity index (χ0) is 17.4. The van der Waals surface area contributed by atoms with Crippen LogP contribution in [0.3, 0.4) is 0 Å². The largest absolute Gasteiger partial charge is 0.497 e. The molecule has 0 spiro atoms. The average molecular weight is 326 g/mol. The van der Waals surface area contributed by atoms with Gasteiger partial charge in [0.25, 0.3) is 5.91 Å². The third-order valence-corrected chi connectivity index (χ3v) is 3.40. The molecule has 0 radical (unpaired) electrons. The quantitative estimate of drug-likeness (QED) is 0.627. The van der Waals surface area contributed by atoms with E-state index in [9.17, 15) is 4.79 Å². The van der Waals surface area contributed by atoms with Crippen LogP contribution in [0.25, 0.3) is 0 Å². The van der Waals surface area contributed by atoms with Crippen molar-refractivity contribution in [2.45, 2.75) is 19.8 Å². The number of nitrogens with zero attached hydrogens (tertiary/aromatic N) is 1. The lowest BCUT2D eigenvalue weighted by Gasteiger charge is -2.12. The zero-order valence-corrected chi connectivity index (χ0v) is 14.2. The highest BCUT2D eigenvalue weighted by atomic mass is 16.5. The van der Waals surface area contributed by atoms with Crippen LogP contribution in [0.1, 0.15) is 30.9 Å². The predicted octanol–water partition coefficient (Wildman–Crippen LogP) is 3.35. The predicted molar refractivity (Wildman–Crippen MR) is 94.8 cm³/mol. The molecule has 126 valence electrons. The van der Waals surface area contributed by atoms with Crippen molar-refractivity contribution in [1.29, 1.82) is 0 Å². The second kappa shape index (κ2) is 8.72. The summed E-state index contributed by atoms with van der Waals surface area (Å²) in [4.78, 5) is 11.8. The van der Waals surface area contributed by atoms with Gasteiger partial charge in [-0.1, -0.05) is 44.2 Å². The number of benzene rings is 2. The summed E-state index contributed by atoms with van der Waals surface area (Å²) in [5.41, 5.74) is 4.36. The molecule has 0 fully saturated rings. The molecule has 24 heavy (non-hydrogen) atoms. The van der Waals surface area contributed by atoms with E-state index < -0.39 is 0 Å². The number of para-hydroxylation sites is 1. The van der Waals surface area contributed by atoms with Crippen LogP contribution in [0.5, 0.6) is 11.5 Å². The molecule has 0 unspecified atom stereocenters. The number of hydrazone groups is 1. The van der Waals surface area contributed by atoms with Crippen LogP contribution in [0, 0.1) is 0 Å². The molecule has 2 aromatic carbocycles. The van der Waals surface area contributed by atoms with Crippen molar-refractivity contribution in [2.24, 2.45) is 5.10 Å². The third-order valence-electron chi connectivity index (χ3n) is 3.40. The van der Waals surface area contributed by atoms with E-state index in [1.54, 1.807) is 13.3 Å². The second-order valence-corrected chi connectivity index (χ2v) is 5.55. The van der Waals surface area contributed by atoms with Crippen LogP contribution in [0.15, 0.2) is 53.6 Å². The fraction of sp³-hybridized carbons (Fsp3) is 0.263. The van der Waals surface area contributed by atoms with Gasteiger partial charge in [-0.25, -0.2) is 5.43 Å². The topological polar surface area (TPSA) is 59.9 Å². The third kappa shape index (κ3) is 5.12. The van der Waals surface area contributed by atoms with E-state index in [2.05, 4.69) is 24.4 Å². The number of ether oxygens (including phenoxy) is 2. The Labute approximate surface area is 142 Å². The maximum Gasteiger partial charge on any atom is 0.277 e. The van der Waals surface area contributed by atoms with Gasteiger partial charge in [-0.05, 0) is 35.2 Å². The number of hydrogen-bond acceptors (Lipinski definition) is 4. The van der Waals surface area contributed by atoms with Crippen molar-refractivity contribution >= 4 is 12.1 Å². The highest BCUT2D eigenvalue weighted by molar-refractivity contribution is 5.83. The highest BCUT2D eigenvalue weighted by Gasteiger charge is 2.08. The molecular formula is C19H22N2O3. The first-order valence-electron chi connectivity index (χ1n) is 7.78. The Hall–Kier alpha value is -2.82. The second-order valence-electron chi connectivity index (χ2n) is 5.55. The Bertz CT molecular complexity index is 711. The van der Waals surface area contributed by atoms with Gasteiger partial charge in [0.2, 0.25) is 0 Å². The number of amides is 1. The Kier molecular flexibility index (Phi) is 6.37. The molecule has 0 saturated carbocycles. The van der Waals surface area contributed by atoms with Crippen molar-refractivity contribution in [3.05, 3.63) is 59.7 Å². The molecular weight excluding hydrogens is 304 g/mol. The van der Waals surface area contributed by atoms with Gasteiger partial charge in [0.05, 0.1) is 13.3 Å². The molecule has 0 aromatic heterocycles. The zero-order valence-electron chi connectivity index (χ0n) is 14.2. The van der Waals surface area contributed by atoms with Crippen molar-refractivity contribution in [3.8, 4) is 11.5 Å². The van der Waals surface area contributed by atoms with Gasteiger partial charge in [0, 0.05) is 0 Å². The monoisotopic (exact) mass is 326 g/mol. The highest BCUT2D eigenvalue weighted by Crippen LogP contribution is 2.25. The SMILES string of the molecule is COc1cccc(C=NNC(=O)COc2ccccc2C(C)C)c1. The maximum absolute atomic E-state index is 11.8. The maximum atomic E-state index is 11.8. The summed E-state index contributed by atoms with van der Waals surface area (Å²) in [6.45, 7) is 4.08. The van der Waals surface area contributed by atoms with E-state index >= 15 is 0 Å². The summed E-state index contributed by atoms with van der Waals surface area (Å²) >= 11 is 0. The van der Waals surface area contributed by atoms with E-state index in [1.807, 2.05) is 48.5 Å². The first kappa shape index (κ1) is 17.5. The Morgan fingerprint density at radius 1 is 1.21 bits per heavy atom. The minimum absolute atomic E-state index is 0.0841. The van der Waals surface area contributed by atoms with Gasteiger partial charge in [-0.2, -0.15) is 5.10 Å². The molecule has 0 saturated heterocycles. The van der Waals surface area contributed by atoms with Gasteiger partial charge in [-0.15, -0.1) is 0 Å². The van der Waals surface area contributed by atoms with Crippen LogP contribution < -0.4 is 14.9 Å². The number of nitrogens with one attached hydrogen (secondary N) is 1. The van der Waals surface area contributed by atoms with Crippen LogP contribution in [0.4, 0.5) is 0 Å². The van der Waals surface area contributed by atoms with Gasteiger partial charge >= 0.3 is 0 Å². The molecule has 0 aliphatic rings. The lowest BCUT2D eigenvalue weighted by Crippen LogP contribution is -2.24. The molecule has 2 aromatic rings. The summed E-state index contributed by atoms with van der Waals surface area (Å²) in [5, 5.41) is 3.93. The number of methoxy groups -OCH3 is 1. The van der Waals surface area contributed by atoms with E-state index in [4.69, 9.17) is 9.47 Å². The molecule has 2 rings (SSSR count). The summed E-state index contributed by atoms with van der Waals surface area (Å²) < 4.78 is 10.7. The van der Waals surface area contributed by atoms with Crippen LogP contribution >= 0.6 is 0 Å². The van der Waals surface area contributed by atoms with Gasteiger partial charge in [0.15, 0.2) is 6.61 Å². The summed E-state index contributed by atoms with van der Waals surface area (Å²) in [5.74, 6) is 1.47. The molecule has 1 amide bonds. The number of carbonyl (C=O) groups excluding carboxylic acids is 1. The first-order chi connectivity index (χ1) is 11.6. The number of rotatable bonds is 7. The van der Waals surface area contributed by atoms with Crippen LogP contribution in [-0.2, 0) is 4.79 Å². The molecule has 1 N–H and O–H groups in total. The molecule has 0 heterocycles. The summed E-state index contributed by atoms with van der Waals surface area (Å²) in [6, 6.07) is 15.1. The van der Waals surface area contributed by atoms with Crippen LogP contribution in [-0.4, -0.2) is 25.8 Å². The Morgan fingerprint density at radius 3 is 2.75 bits per heavy atom. The fourth-order valence-electron chi connectivity index (χ4n) is 2.17. The van der Waals surface area contributed by atoms with E-state index in [0.717, 1.165) is 22.6 Å². The molecule has 5 nitrogen and oxygen atoms in total. The lowest BCUT2D eigenvalue weighted by molar-refractivity contribution is -0.123. The smallest absolute Gasteiger partial charge is 0.277 e. The molecule has 0 bridgehead atoms.